The number of hydrogen-bond donors (Lipinski definition) is 1. The predicted molar refractivity (Wildman–Crippen MR) is 59.6 cm³/mol. The molecule has 16 heavy (non-hydrogen) atoms. The second kappa shape index (κ2) is 3.54. The number of aromatic nitrogens is 1. The smallest absolute Gasteiger partial charge is 0.352 e. The number of benzene rings is 1. The molecule has 80 valence electrons. The minimum atomic E-state index is -1.03. The van der Waals surface area contributed by atoms with Gasteiger partial charge in [-0.05, 0) is 18.2 Å². The molecule has 2 rings (SSSR count). The van der Waals surface area contributed by atoms with Gasteiger partial charge in [-0.15, -0.1) is 0 Å². The molecule has 1 N–H and O–H groups in total. The number of carbonyl (C=O) groups is 1. The van der Waals surface area contributed by atoms with E-state index < -0.39 is 5.97 Å². The van der Waals surface area contributed by atoms with E-state index in [1.54, 1.807) is 13.1 Å². The van der Waals surface area contributed by atoms with Crippen LogP contribution in [0.3, 0.4) is 0 Å². The van der Waals surface area contributed by atoms with Crippen LogP contribution in [0.25, 0.3) is 10.9 Å². The van der Waals surface area contributed by atoms with Crippen molar-refractivity contribution in [3.8, 4) is 6.07 Å². The third-order valence-electron chi connectivity index (χ3n) is 2.43. The van der Waals surface area contributed by atoms with Crippen LogP contribution in [0.2, 0.25) is 5.02 Å². The highest BCUT2D eigenvalue weighted by atomic mass is 35.5. The van der Waals surface area contributed by atoms with Crippen molar-refractivity contribution in [3.05, 3.63) is 34.5 Å². The molecular weight excluding hydrogens is 228 g/mol. The summed E-state index contributed by atoms with van der Waals surface area (Å²) in [6.45, 7) is 0. The van der Waals surface area contributed by atoms with Crippen LogP contribution in [0.4, 0.5) is 0 Å². The summed E-state index contributed by atoms with van der Waals surface area (Å²) in [6.07, 6.45) is 0. The lowest BCUT2D eigenvalue weighted by molar-refractivity contribution is 0.0687. The van der Waals surface area contributed by atoms with Gasteiger partial charge in [-0.3, -0.25) is 0 Å². The molecule has 4 nitrogen and oxygen atoms in total. The number of carboxylic acids is 1. The van der Waals surface area contributed by atoms with Crippen molar-refractivity contribution in [2.75, 3.05) is 0 Å². The summed E-state index contributed by atoms with van der Waals surface area (Å²) in [6, 6.07) is 6.68. The van der Waals surface area contributed by atoms with Crippen molar-refractivity contribution < 1.29 is 9.90 Å². The highest BCUT2D eigenvalue weighted by Gasteiger charge is 2.15. The fourth-order valence-corrected chi connectivity index (χ4v) is 1.99. The summed E-state index contributed by atoms with van der Waals surface area (Å²) >= 11 is 5.84. The van der Waals surface area contributed by atoms with Crippen molar-refractivity contribution in [1.82, 2.24) is 4.57 Å². The lowest BCUT2D eigenvalue weighted by Gasteiger charge is -2.01. The molecule has 0 aliphatic carbocycles. The summed E-state index contributed by atoms with van der Waals surface area (Å²) in [7, 11) is 1.61. The maximum Gasteiger partial charge on any atom is 0.352 e. The first-order chi connectivity index (χ1) is 7.54. The van der Waals surface area contributed by atoms with Gasteiger partial charge in [0.05, 0.1) is 11.1 Å². The molecule has 1 aromatic carbocycles. The molecule has 0 aliphatic heterocycles. The molecule has 0 bridgehead atoms. The average Bonchev–Trinajstić information content (AvgIpc) is 2.55. The first kappa shape index (κ1) is 10.5. The number of rotatable bonds is 1. The Bertz CT molecular complexity index is 637. The van der Waals surface area contributed by atoms with Gasteiger partial charge in [0.15, 0.2) is 0 Å². The molecule has 0 saturated carbocycles. The maximum absolute atomic E-state index is 10.9. The molecule has 0 fully saturated rings. The van der Waals surface area contributed by atoms with E-state index in [4.69, 9.17) is 22.0 Å². The Morgan fingerprint density at radius 1 is 1.50 bits per heavy atom. The van der Waals surface area contributed by atoms with Crippen molar-refractivity contribution in [1.29, 1.82) is 5.26 Å². The van der Waals surface area contributed by atoms with Gasteiger partial charge in [-0.1, -0.05) is 11.6 Å². The molecule has 0 atom stereocenters. The number of hydrogen-bond acceptors (Lipinski definition) is 2. The highest BCUT2D eigenvalue weighted by Crippen LogP contribution is 2.26. The predicted octanol–water partition coefficient (Wildman–Crippen LogP) is 2.40. The number of nitrogens with zero attached hydrogens (tertiary/aromatic N) is 2. The van der Waals surface area contributed by atoms with Crippen LogP contribution in [0.15, 0.2) is 18.2 Å². The maximum atomic E-state index is 10.9. The zero-order valence-corrected chi connectivity index (χ0v) is 9.12. The van der Waals surface area contributed by atoms with E-state index in [0.29, 0.717) is 21.5 Å². The minimum absolute atomic E-state index is 0.133. The third kappa shape index (κ3) is 1.42. The Morgan fingerprint density at radius 2 is 2.19 bits per heavy atom. The summed E-state index contributed by atoms with van der Waals surface area (Å²) in [5.74, 6) is -1.03. The van der Waals surface area contributed by atoms with Gasteiger partial charge >= 0.3 is 5.97 Å². The Labute approximate surface area is 96.3 Å². The van der Waals surface area contributed by atoms with Gasteiger partial charge in [0, 0.05) is 17.5 Å². The number of fused-ring (bicyclic) bond motifs is 1. The summed E-state index contributed by atoms with van der Waals surface area (Å²) in [4.78, 5) is 10.9. The zero-order valence-electron chi connectivity index (χ0n) is 8.36. The Morgan fingerprint density at radius 3 is 2.75 bits per heavy atom. The van der Waals surface area contributed by atoms with E-state index >= 15 is 0 Å². The number of aryl methyl sites for hydroxylation is 1. The number of carboxylic acid groups (broad SMARTS) is 1. The van der Waals surface area contributed by atoms with Crippen LogP contribution >= 0.6 is 11.6 Å². The molecule has 0 aliphatic rings. The molecule has 0 amide bonds. The van der Waals surface area contributed by atoms with Gasteiger partial charge in [0.2, 0.25) is 0 Å². The molecule has 0 unspecified atom stereocenters. The van der Waals surface area contributed by atoms with E-state index in [1.165, 1.54) is 16.7 Å². The molecule has 1 heterocycles. The number of halogens is 1. The van der Waals surface area contributed by atoms with Gasteiger partial charge in [0.25, 0.3) is 0 Å². The molecule has 5 heteroatoms. The molecule has 0 radical (unpaired) electrons. The Kier molecular flexibility index (Phi) is 2.33. The van der Waals surface area contributed by atoms with Gasteiger partial charge in [-0.25, -0.2) is 4.79 Å². The van der Waals surface area contributed by atoms with Crippen molar-refractivity contribution in [2.24, 2.45) is 7.05 Å². The minimum Gasteiger partial charge on any atom is -0.477 e. The van der Waals surface area contributed by atoms with Crippen LogP contribution in [0.1, 0.15) is 16.1 Å². The second-order valence-corrected chi connectivity index (χ2v) is 3.83. The molecule has 1 aromatic heterocycles. The van der Waals surface area contributed by atoms with E-state index in [0.717, 1.165) is 0 Å². The van der Waals surface area contributed by atoms with Gasteiger partial charge in [-0.2, -0.15) is 5.26 Å². The lowest BCUT2D eigenvalue weighted by atomic mass is 10.1. The van der Waals surface area contributed by atoms with Crippen LogP contribution < -0.4 is 0 Å². The molecular formula is C11H7ClN2O2. The standard InChI is InChI=1S/C11H7ClN2O2/c1-14-9(11(15)16)4-6-2-8(12)3-7(5-13)10(6)14/h2-4H,1H3,(H,15,16). The normalized spacial score (nSPS) is 10.3. The van der Waals surface area contributed by atoms with Crippen LogP contribution in [0.5, 0.6) is 0 Å². The van der Waals surface area contributed by atoms with Crippen molar-refractivity contribution >= 4 is 28.5 Å². The van der Waals surface area contributed by atoms with E-state index in [-0.39, 0.29) is 5.69 Å². The summed E-state index contributed by atoms with van der Waals surface area (Å²) in [5.41, 5.74) is 1.09. The average molecular weight is 235 g/mol. The number of aromatic carboxylic acids is 1. The molecule has 2 aromatic rings. The lowest BCUT2D eigenvalue weighted by Crippen LogP contribution is -2.04. The molecule has 0 saturated heterocycles. The second-order valence-electron chi connectivity index (χ2n) is 3.40. The van der Waals surface area contributed by atoms with Crippen LogP contribution in [-0.2, 0) is 7.05 Å². The van der Waals surface area contributed by atoms with Gasteiger partial charge < -0.3 is 9.67 Å². The van der Waals surface area contributed by atoms with E-state index in [9.17, 15) is 4.79 Å². The fraction of sp³-hybridized carbons (Fsp3) is 0.0909. The quantitative estimate of drug-likeness (QED) is 0.824. The van der Waals surface area contributed by atoms with Gasteiger partial charge in [0.1, 0.15) is 11.8 Å². The fourth-order valence-electron chi connectivity index (χ4n) is 1.76. The monoisotopic (exact) mass is 234 g/mol. The zero-order chi connectivity index (χ0) is 11.9. The summed E-state index contributed by atoms with van der Waals surface area (Å²) < 4.78 is 1.48. The first-order valence-corrected chi connectivity index (χ1v) is 4.84. The first-order valence-electron chi connectivity index (χ1n) is 4.47. The highest BCUT2D eigenvalue weighted by molar-refractivity contribution is 6.31. The van der Waals surface area contributed by atoms with Crippen molar-refractivity contribution in [3.63, 3.8) is 0 Å². The Balaban J connectivity index is 2.93. The largest absolute Gasteiger partial charge is 0.477 e. The van der Waals surface area contributed by atoms with E-state index in [1.807, 2.05) is 6.07 Å². The SMILES string of the molecule is Cn1c(C(=O)O)cc2cc(Cl)cc(C#N)c21. The third-order valence-corrected chi connectivity index (χ3v) is 2.65. The van der Waals surface area contributed by atoms with Crippen LogP contribution in [0, 0.1) is 11.3 Å². The van der Waals surface area contributed by atoms with E-state index in [2.05, 4.69) is 0 Å². The van der Waals surface area contributed by atoms with Crippen molar-refractivity contribution in [2.45, 2.75) is 0 Å². The topological polar surface area (TPSA) is 66.0 Å². The number of nitriles is 1. The molecule has 0 spiro atoms. The Hall–Kier alpha value is -1.99. The summed E-state index contributed by atoms with van der Waals surface area (Å²) in [5, 5.41) is 19.0. The van der Waals surface area contributed by atoms with Crippen LogP contribution in [-0.4, -0.2) is 15.6 Å².